The van der Waals surface area contributed by atoms with E-state index in [4.69, 9.17) is 9.47 Å². The van der Waals surface area contributed by atoms with Gasteiger partial charge in [0.2, 0.25) is 0 Å². The summed E-state index contributed by atoms with van der Waals surface area (Å²) < 4.78 is 11.6. The van der Waals surface area contributed by atoms with Gasteiger partial charge in [0.25, 0.3) is 0 Å². The zero-order chi connectivity index (χ0) is 14.1. The molecule has 1 aromatic carbocycles. The first-order valence-corrected chi connectivity index (χ1v) is 7.51. The van der Waals surface area contributed by atoms with Crippen molar-refractivity contribution >= 4 is 0 Å². The average Bonchev–Trinajstić information content (AvgIpc) is 2.95. The molecule has 0 bridgehead atoms. The van der Waals surface area contributed by atoms with Gasteiger partial charge >= 0.3 is 0 Å². The molecule has 0 saturated carbocycles. The topological polar surface area (TPSA) is 41.9 Å². The highest BCUT2D eigenvalue weighted by molar-refractivity contribution is 5.48. The minimum atomic E-state index is -0.184. The number of β-amino-alcohol motifs (C(OH)–C–C–N with tert-alkyl or cyclic N) is 1. The van der Waals surface area contributed by atoms with Gasteiger partial charge in [-0.25, -0.2) is 0 Å². The summed E-state index contributed by atoms with van der Waals surface area (Å²) in [7, 11) is 0. The van der Waals surface area contributed by atoms with Crippen LogP contribution < -0.4 is 9.47 Å². The number of benzene rings is 1. The van der Waals surface area contributed by atoms with Gasteiger partial charge in [-0.2, -0.15) is 0 Å². The molecule has 110 valence electrons. The van der Waals surface area contributed by atoms with Crippen molar-refractivity contribution in [1.29, 1.82) is 0 Å². The monoisotopic (exact) mass is 277 g/mol. The lowest BCUT2D eigenvalue weighted by atomic mass is 10.1. The molecule has 1 saturated heterocycles. The summed E-state index contributed by atoms with van der Waals surface area (Å²) in [6.45, 7) is 7.29. The summed E-state index contributed by atoms with van der Waals surface area (Å²) in [5.41, 5.74) is 2.40. The fraction of sp³-hybridized carbons (Fsp3) is 0.625. The molecule has 4 heteroatoms. The van der Waals surface area contributed by atoms with Crippen molar-refractivity contribution in [3.63, 3.8) is 0 Å². The summed E-state index contributed by atoms with van der Waals surface area (Å²) in [6.07, 6.45) is 1.89. The number of likely N-dealkylation sites (tertiary alicyclic amines) is 1. The second kappa shape index (κ2) is 5.62. The Morgan fingerprint density at radius 3 is 3.00 bits per heavy atom. The van der Waals surface area contributed by atoms with Crippen LogP contribution >= 0.6 is 0 Å². The maximum absolute atomic E-state index is 9.64. The zero-order valence-corrected chi connectivity index (χ0v) is 12.3. The Hall–Kier alpha value is -1.26. The first-order chi connectivity index (χ1) is 9.65. The van der Waals surface area contributed by atoms with E-state index in [0.717, 1.165) is 49.5 Å². The normalized spacial score (nSPS) is 25.6. The lowest BCUT2D eigenvalue weighted by Gasteiger charge is -2.18. The van der Waals surface area contributed by atoms with Crippen LogP contribution in [0.1, 0.15) is 31.4 Å². The van der Waals surface area contributed by atoms with E-state index in [9.17, 15) is 5.11 Å². The van der Waals surface area contributed by atoms with Gasteiger partial charge in [-0.05, 0) is 32.4 Å². The summed E-state index contributed by atoms with van der Waals surface area (Å²) in [4.78, 5) is 2.27. The highest BCUT2D eigenvalue weighted by atomic mass is 16.5. The van der Waals surface area contributed by atoms with Gasteiger partial charge in [0.05, 0.1) is 12.7 Å². The first-order valence-electron chi connectivity index (χ1n) is 7.51. The van der Waals surface area contributed by atoms with Crippen LogP contribution in [0.2, 0.25) is 0 Å². The van der Waals surface area contributed by atoms with E-state index in [0.29, 0.717) is 6.61 Å². The molecule has 1 fully saturated rings. The molecule has 3 rings (SSSR count). The molecule has 0 radical (unpaired) electrons. The van der Waals surface area contributed by atoms with Crippen LogP contribution in [-0.4, -0.2) is 41.9 Å². The van der Waals surface area contributed by atoms with Gasteiger partial charge in [0.15, 0.2) is 0 Å². The van der Waals surface area contributed by atoms with Crippen molar-refractivity contribution < 1.29 is 14.6 Å². The number of aliphatic hydroxyl groups is 1. The Bertz CT molecular complexity index is 489. The molecule has 2 atom stereocenters. The van der Waals surface area contributed by atoms with E-state index < -0.39 is 0 Å². The van der Waals surface area contributed by atoms with Crippen LogP contribution in [-0.2, 0) is 13.0 Å². The number of nitrogens with zero attached hydrogens (tertiary/aromatic N) is 1. The molecule has 2 aliphatic rings. The van der Waals surface area contributed by atoms with Crippen molar-refractivity contribution in [2.45, 2.75) is 45.4 Å². The molecule has 0 spiro atoms. The number of aliphatic hydroxyl groups excluding tert-OH is 1. The Morgan fingerprint density at radius 1 is 1.45 bits per heavy atom. The molecule has 0 aromatic heterocycles. The lowest BCUT2D eigenvalue weighted by Crippen LogP contribution is -2.22. The number of ether oxygens (including phenoxy) is 2. The fourth-order valence-corrected chi connectivity index (χ4v) is 3.09. The third-order valence-corrected chi connectivity index (χ3v) is 4.02. The van der Waals surface area contributed by atoms with Gasteiger partial charge in [-0.1, -0.05) is 0 Å². The second-order valence-electron chi connectivity index (χ2n) is 5.81. The quantitative estimate of drug-likeness (QED) is 0.913. The highest BCUT2D eigenvalue weighted by Crippen LogP contribution is 2.36. The lowest BCUT2D eigenvalue weighted by molar-refractivity contribution is 0.174. The number of hydrogen-bond donors (Lipinski definition) is 1. The van der Waals surface area contributed by atoms with Crippen LogP contribution in [0.3, 0.4) is 0 Å². The van der Waals surface area contributed by atoms with Crippen molar-refractivity contribution in [2.75, 3.05) is 19.7 Å². The van der Waals surface area contributed by atoms with Gasteiger partial charge in [0.1, 0.15) is 17.6 Å². The van der Waals surface area contributed by atoms with Crippen LogP contribution in [0.15, 0.2) is 12.1 Å². The standard InChI is InChI=1S/C16H23NO3/c1-3-19-15-7-12-6-11(2)20-16(12)8-13(15)9-17-5-4-14(18)10-17/h7-8,11,14,18H,3-6,9-10H2,1-2H3/t11?,14-/m0/s1. The van der Waals surface area contributed by atoms with Gasteiger partial charge in [-0.15, -0.1) is 0 Å². The Labute approximate surface area is 120 Å². The molecule has 2 aliphatic heterocycles. The molecule has 1 aromatic rings. The largest absolute Gasteiger partial charge is 0.494 e. The second-order valence-corrected chi connectivity index (χ2v) is 5.81. The van der Waals surface area contributed by atoms with Crippen LogP contribution in [0.5, 0.6) is 11.5 Å². The van der Waals surface area contributed by atoms with E-state index in [1.807, 2.05) is 6.92 Å². The molecule has 1 N–H and O–H groups in total. The summed E-state index contributed by atoms with van der Waals surface area (Å²) in [5, 5.41) is 9.64. The molecular formula is C16H23NO3. The third kappa shape index (κ3) is 2.76. The van der Waals surface area contributed by atoms with E-state index in [1.165, 1.54) is 5.56 Å². The first kappa shape index (κ1) is 13.7. The van der Waals surface area contributed by atoms with E-state index >= 15 is 0 Å². The molecule has 2 heterocycles. The van der Waals surface area contributed by atoms with Crippen molar-refractivity contribution in [1.82, 2.24) is 4.90 Å². The Morgan fingerprint density at radius 2 is 2.30 bits per heavy atom. The number of rotatable bonds is 4. The molecular weight excluding hydrogens is 254 g/mol. The Balaban J connectivity index is 1.83. The third-order valence-electron chi connectivity index (χ3n) is 4.02. The van der Waals surface area contributed by atoms with E-state index in [1.54, 1.807) is 0 Å². The highest BCUT2D eigenvalue weighted by Gasteiger charge is 2.25. The average molecular weight is 277 g/mol. The van der Waals surface area contributed by atoms with Crippen LogP contribution in [0.25, 0.3) is 0 Å². The zero-order valence-electron chi connectivity index (χ0n) is 12.3. The van der Waals surface area contributed by atoms with Crippen molar-refractivity contribution in [3.8, 4) is 11.5 Å². The maximum Gasteiger partial charge on any atom is 0.124 e. The van der Waals surface area contributed by atoms with E-state index in [2.05, 4.69) is 24.0 Å². The van der Waals surface area contributed by atoms with Gasteiger partial charge in [-0.3, -0.25) is 4.90 Å². The van der Waals surface area contributed by atoms with Crippen LogP contribution in [0.4, 0.5) is 0 Å². The number of fused-ring (bicyclic) bond motifs is 1. The minimum Gasteiger partial charge on any atom is -0.494 e. The molecule has 1 unspecified atom stereocenters. The summed E-state index contributed by atoms with van der Waals surface area (Å²) in [5.74, 6) is 1.96. The minimum absolute atomic E-state index is 0.184. The van der Waals surface area contributed by atoms with Crippen LogP contribution in [0, 0.1) is 0 Å². The summed E-state index contributed by atoms with van der Waals surface area (Å²) in [6, 6.07) is 4.25. The van der Waals surface area contributed by atoms with Gasteiger partial charge in [0, 0.05) is 37.2 Å². The predicted molar refractivity (Wildman–Crippen MR) is 77.3 cm³/mol. The maximum atomic E-state index is 9.64. The summed E-state index contributed by atoms with van der Waals surface area (Å²) >= 11 is 0. The van der Waals surface area contributed by atoms with Crippen molar-refractivity contribution in [2.24, 2.45) is 0 Å². The Kier molecular flexibility index (Phi) is 3.85. The predicted octanol–water partition coefficient (Wildman–Crippen LogP) is 1.98. The molecule has 20 heavy (non-hydrogen) atoms. The SMILES string of the molecule is CCOc1cc2c(cc1CN1CC[C@H](O)C1)OC(C)C2. The van der Waals surface area contributed by atoms with E-state index in [-0.39, 0.29) is 12.2 Å². The fourth-order valence-electron chi connectivity index (χ4n) is 3.09. The molecule has 4 nitrogen and oxygen atoms in total. The smallest absolute Gasteiger partial charge is 0.124 e. The molecule has 0 aliphatic carbocycles. The van der Waals surface area contributed by atoms with Crippen molar-refractivity contribution in [3.05, 3.63) is 23.3 Å². The van der Waals surface area contributed by atoms with Gasteiger partial charge < -0.3 is 14.6 Å². The number of hydrogen-bond acceptors (Lipinski definition) is 4. The molecule has 0 amide bonds.